The van der Waals surface area contributed by atoms with E-state index in [2.05, 4.69) is 23.5 Å². The Morgan fingerprint density at radius 2 is 1.97 bits per heavy atom. The van der Waals surface area contributed by atoms with Gasteiger partial charge in [0, 0.05) is 25.4 Å². The van der Waals surface area contributed by atoms with Gasteiger partial charge >= 0.3 is 0 Å². The first-order valence-corrected chi connectivity index (χ1v) is 11.7. The minimum atomic E-state index is -0.330. The van der Waals surface area contributed by atoms with E-state index in [0.717, 1.165) is 17.7 Å². The Morgan fingerprint density at radius 3 is 2.69 bits per heavy atom. The molecule has 4 rings (SSSR count). The summed E-state index contributed by atoms with van der Waals surface area (Å²) in [7, 11) is 0. The number of hydrogen-bond donors (Lipinski definition) is 1. The number of fused-ring (bicyclic) bond motifs is 1. The van der Waals surface area contributed by atoms with Crippen molar-refractivity contribution < 1.29 is 14.3 Å². The first kappa shape index (κ1) is 22.0. The standard InChI is InChI=1S/C25H25N3O3S/c1-2-31-20-9-7-18(8-10-20)21-13-23(29)27-25(22(21)14-26)32-16-24(30)28-12-11-17-5-3-4-6-19(17)15-28/h3-10,21H,2,11-13,15-16H2,1H3,(H,27,29)/t21-/m1/s1. The van der Waals surface area contributed by atoms with Crippen molar-refractivity contribution >= 4 is 23.6 Å². The van der Waals surface area contributed by atoms with Crippen molar-refractivity contribution in [1.29, 1.82) is 5.26 Å². The number of carbonyl (C=O) groups is 2. The van der Waals surface area contributed by atoms with E-state index in [0.29, 0.717) is 30.3 Å². The number of nitriles is 1. The third-order valence-electron chi connectivity index (χ3n) is 5.77. The maximum atomic E-state index is 12.9. The number of allylic oxidation sites excluding steroid dienone is 1. The van der Waals surface area contributed by atoms with Crippen molar-refractivity contribution in [1.82, 2.24) is 10.2 Å². The SMILES string of the molecule is CCOc1ccc([C@H]2CC(=O)NC(SCC(=O)N3CCc4ccccc4C3)=C2C#N)cc1. The number of ether oxygens (including phenoxy) is 1. The minimum absolute atomic E-state index is 0.00623. The lowest BCUT2D eigenvalue weighted by molar-refractivity contribution is -0.129. The van der Waals surface area contributed by atoms with E-state index in [9.17, 15) is 14.9 Å². The van der Waals surface area contributed by atoms with Gasteiger partial charge in [-0.25, -0.2) is 0 Å². The molecule has 7 heteroatoms. The van der Waals surface area contributed by atoms with Crippen molar-refractivity contribution in [2.75, 3.05) is 18.9 Å². The second-order valence-corrected chi connectivity index (χ2v) is 8.77. The molecule has 2 aliphatic rings. The third-order valence-corrected chi connectivity index (χ3v) is 6.77. The van der Waals surface area contributed by atoms with Crippen LogP contribution in [0.2, 0.25) is 0 Å². The smallest absolute Gasteiger partial charge is 0.233 e. The molecule has 2 aliphatic heterocycles. The van der Waals surface area contributed by atoms with Crippen molar-refractivity contribution in [3.8, 4) is 11.8 Å². The molecule has 6 nitrogen and oxygen atoms in total. The predicted octanol–water partition coefficient (Wildman–Crippen LogP) is 3.74. The molecular formula is C25H25N3O3S. The average Bonchev–Trinajstić information content (AvgIpc) is 2.82. The summed E-state index contributed by atoms with van der Waals surface area (Å²) in [6.07, 6.45) is 1.05. The topological polar surface area (TPSA) is 82.4 Å². The van der Waals surface area contributed by atoms with Gasteiger partial charge < -0.3 is 15.0 Å². The molecule has 0 saturated heterocycles. The first-order valence-electron chi connectivity index (χ1n) is 10.7. The monoisotopic (exact) mass is 447 g/mol. The van der Waals surface area contributed by atoms with E-state index < -0.39 is 0 Å². The molecule has 0 unspecified atom stereocenters. The molecule has 2 aromatic rings. The van der Waals surface area contributed by atoms with Gasteiger partial charge in [0.1, 0.15) is 5.75 Å². The number of thioether (sulfide) groups is 1. The summed E-state index contributed by atoms with van der Waals surface area (Å²) in [4.78, 5) is 27.1. The van der Waals surface area contributed by atoms with Crippen molar-refractivity contribution in [2.45, 2.75) is 32.2 Å². The number of benzene rings is 2. The number of rotatable bonds is 6. The Kier molecular flexibility index (Phi) is 6.81. The van der Waals surface area contributed by atoms with Crippen LogP contribution in [0, 0.1) is 11.3 Å². The molecule has 2 aromatic carbocycles. The summed E-state index contributed by atoms with van der Waals surface area (Å²) in [5.74, 6) is 0.460. The Bertz CT molecular complexity index is 1090. The molecule has 2 amide bonds. The fourth-order valence-corrected chi connectivity index (χ4v) is 5.09. The van der Waals surface area contributed by atoms with Gasteiger partial charge in [0.05, 0.1) is 29.0 Å². The van der Waals surface area contributed by atoms with Crippen LogP contribution in [0.1, 0.15) is 36.0 Å². The number of amides is 2. The zero-order valence-electron chi connectivity index (χ0n) is 18.0. The molecule has 1 N–H and O–H groups in total. The van der Waals surface area contributed by atoms with E-state index in [1.165, 1.54) is 22.9 Å². The van der Waals surface area contributed by atoms with Gasteiger partial charge in [-0.15, -0.1) is 0 Å². The highest BCUT2D eigenvalue weighted by Gasteiger charge is 2.30. The molecule has 0 fully saturated rings. The first-order chi connectivity index (χ1) is 15.6. The number of nitrogens with zero attached hydrogens (tertiary/aromatic N) is 2. The molecule has 0 bridgehead atoms. The molecular weight excluding hydrogens is 422 g/mol. The van der Waals surface area contributed by atoms with Gasteiger partial charge in [0.2, 0.25) is 11.8 Å². The molecule has 164 valence electrons. The Morgan fingerprint density at radius 1 is 1.22 bits per heavy atom. The van der Waals surface area contributed by atoms with Crippen LogP contribution >= 0.6 is 11.8 Å². The summed E-state index contributed by atoms with van der Waals surface area (Å²) in [5, 5.41) is 13.1. The van der Waals surface area contributed by atoms with Crippen molar-refractivity contribution in [3.05, 3.63) is 75.8 Å². The highest BCUT2D eigenvalue weighted by atomic mass is 32.2. The van der Waals surface area contributed by atoms with Crippen LogP contribution < -0.4 is 10.1 Å². The van der Waals surface area contributed by atoms with E-state index in [4.69, 9.17) is 4.74 Å². The van der Waals surface area contributed by atoms with Gasteiger partial charge in [-0.1, -0.05) is 48.2 Å². The molecule has 0 spiro atoms. The maximum Gasteiger partial charge on any atom is 0.233 e. The van der Waals surface area contributed by atoms with Gasteiger partial charge in [-0.2, -0.15) is 5.26 Å². The van der Waals surface area contributed by atoms with E-state index >= 15 is 0 Å². The molecule has 1 atom stereocenters. The lowest BCUT2D eigenvalue weighted by atomic mass is 9.87. The molecule has 2 heterocycles. The van der Waals surface area contributed by atoms with Gasteiger partial charge in [0.15, 0.2) is 0 Å². The van der Waals surface area contributed by atoms with Gasteiger partial charge in [-0.05, 0) is 42.2 Å². The van der Waals surface area contributed by atoms with E-state index in [-0.39, 0.29) is 29.9 Å². The average molecular weight is 448 g/mol. The lowest BCUT2D eigenvalue weighted by Gasteiger charge is -2.29. The quantitative estimate of drug-likeness (QED) is 0.729. The van der Waals surface area contributed by atoms with Crippen LogP contribution in [-0.4, -0.2) is 35.6 Å². The number of hydrogen-bond acceptors (Lipinski definition) is 5. The van der Waals surface area contributed by atoms with Crippen LogP contribution in [0.15, 0.2) is 59.1 Å². The fourth-order valence-electron chi connectivity index (χ4n) is 4.11. The fraction of sp³-hybridized carbons (Fsp3) is 0.320. The van der Waals surface area contributed by atoms with Crippen LogP contribution in [0.3, 0.4) is 0 Å². The highest BCUT2D eigenvalue weighted by molar-refractivity contribution is 8.03. The van der Waals surface area contributed by atoms with Gasteiger partial charge in [0.25, 0.3) is 0 Å². The van der Waals surface area contributed by atoms with Crippen LogP contribution in [0.25, 0.3) is 0 Å². The summed E-state index contributed by atoms with van der Waals surface area (Å²) in [6, 6.07) is 17.9. The minimum Gasteiger partial charge on any atom is -0.494 e. The van der Waals surface area contributed by atoms with Crippen molar-refractivity contribution in [3.63, 3.8) is 0 Å². The van der Waals surface area contributed by atoms with Gasteiger partial charge in [-0.3, -0.25) is 9.59 Å². The zero-order valence-corrected chi connectivity index (χ0v) is 18.8. The number of nitrogens with one attached hydrogen (secondary N) is 1. The molecule has 0 aromatic heterocycles. The summed E-state index contributed by atoms with van der Waals surface area (Å²) in [6.45, 7) is 3.78. The largest absolute Gasteiger partial charge is 0.494 e. The highest BCUT2D eigenvalue weighted by Crippen LogP contribution is 2.36. The summed E-state index contributed by atoms with van der Waals surface area (Å²) < 4.78 is 5.49. The molecule has 32 heavy (non-hydrogen) atoms. The summed E-state index contributed by atoms with van der Waals surface area (Å²) in [5.41, 5.74) is 3.85. The Hall–Kier alpha value is -3.24. The molecule has 0 radical (unpaired) electrons. The predicted molar refractivity (Wildman–Crippen MR) is 124 cm³/mol. The Labute approximate surface area is 192 Å². The third kappa shape index (κ3) is 4.81. The Balaban J connectivity index is 1.47. The van der Waals surface area contributed by atoms with Crippen LogP contribution in [0.5, 0.6) is 5.75 Å². The lowest BCUT2D eigenvalue weighted by Crippen LogP contribution is -2.37. The molecule has 0 saturated carbocycles. The van der Waals surface area contributed by atoms with Crippen LogP contribution in [-0.2, 0) is 22.6 Å². The van der Waals surface area contributed by atoms with Crippen LogP contribution in [0.4, 0.5) is 0 Å². The molecule has 0 aliphatic carbocycles. The second-order valence-electron chi connectivity index (χ2n) is 7.78. The normalized spacial score (nSPS) is 17.9. The van der Waals surface area contributed by atoms with Crippen molar-refractivity contribution in [2.24, 2.45) is 0 Å². The van der Waals surface area contributed by atoms with E-state index in [1.807, 2.05) is 48.2 Å². The zero-order chi connectivity index (χ0) is 22.5. The van der Waals surface area contributed by atoms with E-state index in [1.54, 1.807) is 0 Å². The second kappa shape index (κ2) is 9.92. The number of carbonyl (C=O) groups excluding carboxylic acids is 2. The maximum absolute atomic E-state index is 12.9. The summed E-state index contributed by atoms with van der Waals surface area (Å²) >= 11 is 1.24.